The van der Waals surface area contributed by atoms with Crippen molar-refractivity contribution in [3.05, 3.63) is 54.4 Å². The minimum atomic E-state index is 0.736. The molecule has 128 valence electrons. The zero-order valence-electron chi connectivity index (χ0n) is 15.0. The lowest BCUT2D eigenvalue weighted by molar-refractivity contribution is 0.415. The Labute approximate surface area is 148 Å². The zero-order valence-corrected chi connectivity index (χ0v) is 15.0. The van der Waals surface area contributed by atoms with Gasteiger partial charge in [-0.2, -0.15) is 0 Å². The van der Waals surface area contributed by atoms with Crippen molar-refractivity contribution in [2.24, 2.45) is 0 Å². The molecule has 1 aromatic heterocycles. The zero-order chi connectivity index (χ0) is 17.8. The molecule has 25 heavy (non-hydrogen) atoms. The van der Waals surface area contributed by atoms with Gasteiger partial charge < -0.3 is 9.64 Å². The van der Waals surface area contributed by atoms with Crippen molar-refractivity contribution >= 4 is 5.69 Å². The highest BCUT2D eigenvalue weighted by molar-refractivity contribution is 5.78. The van der Waals surface area contributed by atoms with E-state index in [0.717, 1.165) is 46.2 Å². The number of hydrogen-bond acceptors (Lipinski definition) is 5. The van der Waals surface area contributed by atoms with Crippen molar-refractivity contribution in [3.63, 3.8) is 0 Å². The molecule has 0 aliphatic rings. The molecule has 0 bridgehead atoms. The lowest BCUT2D eigenvalue weighted by atomic mass is 10.0. The molecule has 0 N–H and O–H groups in total. The highest BCUT2D eigenvalue weighted by atomic mass is 16.5. The number of aryl methyl sites for hydroxylation is 1. The monoisotopic (exact) mass is 334 g/mol. The van der Waals surface area contributed by atoms with E-state index in [0.29, 0.717) is 0 Å². The quantitative estimate of drug-likeness (QED) is 0.709. The number of hydrogen-bond donors (Lipinski definition) is 0. The fourth-order valence-corrected chi connectivity index (χ4v) is 2.57. The smallest absolute Gasteiger partial charge is 0.151 e. The predicted molar refractivity (Wildman–Crippen MR) is 101 cm³/mol. The van der Waals surface area contributed by atoms with Crippen LogP contribution in [0.1, 0.15) is 12.7 Å². The van der Waals surface area contributed by atoms with Gasteiger partial charge in [-0.15, -0.1) is 10.2 Å². The van der Waals surface area contributed by atoms with Gasteiger partial charge in [-0.05, 0) is 36.4 Å². The highest BCUT2D eigenvalue weighted by Gasteiger charge is 2.13. The van der Waals surface area contributed by atoms with E-state index in [1.807, 2.05) is 45.3 Å². The van der Waals surface area contributed by atoms with Crippen LogP contribution in [-0.4, -0.2) is 36.4 Å². The summed E-state index contributed by atoms with van der Waals surface area (Å²) in [5.74, 6) is 1.55. The molecule has 3 rings (SSSR count). The Morgan fingerprint density at radius 2 is 1.44 bits per heavy atom. The topological polar surface area (TPSA) is 51.1 Å². The Balaban J connectivity index is 2.09. The summed E-state index contributed by atoms with van der Waals surface area (Å²) in [5.41, 5.74) is 4.76. The normalized spacial score (nSPS) is 10.6. The SMILES string of the molecule is CCc1nnc(-c2ccc(N(C)C)cc2)c(-c2ccc(OC)cc2)n1. The summed E-state index contributed by atoms with van der Waals surface area (Å²) in [7, 11) is 5.71. The maximum atomic E-state index is 5.25. The molecule has 0 fully saturated rings. The standard InChI is InChI=1S/C20H22N4O/c1-5-18-21-19(14-8-12-17(25-4)13-9-14)20(23-22-18)15-6-10-16(11-7-15)24(2)3/h6-13H,5H2,1-4H3. The van der Waals surface area contributed by atoms with Gasteiger partial charge in [-0.1, -0.05) is 19.1 Å². The number of methoxy groups -OCH3 is 1. The third kappa shape index (κ3) is 3.60. The Bertz CT molecular complexity index is 843. The van der Waals surface area contributed by atoms with E-state index in [2.05, 4.69) is 39.4 Å². The third-order valence-corrected chi connectivity index (χ3v) is 4.07. The van der Waals surface area contributed by atoms with E-state index < -0.39 is 0 Å². The summed E-state index contributed by atoms with van der Waals surface area (Å²) < 4.78 is 5.25. The van der Waals surface area contributed by atoms with Crippen LogP contribution in [-0.2, 0) is 6.42 Å². The Morgan fingerprint density at radius 1 is 0.840 bits per heavy atom. The average Bonchev–Trinajstić information content (AvgIpc) is 2.67. The molecule has 5 heteroatoms. The van der Waals surface area contributed by atoms with Gasteiger partial charge in [0.1, 0.15) is 17.1 Å². The molecule has 1 heterocycles. The maximum absolute atomic E-state index is 5.25. The van der Waals surface area contributed by atoms with Crippen LogP contribution in [0.4, 0.5) is 5.69 Å². The molecule has 0 unspecified atom stereocenters. The highest BCUT2D eigenvalue weighted by Crippen LogP contribution is 2.30. The lowest BCUT2D eigenvalue weighted by Gasteiger charge is -2.13. The van der Waals surface area contributed by atoms with Gasteiger partial charge in [-0.25, -0.2) is 4.98 Å². The number of ether oxygens (including phenoxy) is 1. The summed E-state index contributed by atoms with van der Waals surface area (Å²) in [6.45, 7) is 2.03. The molecular weight excluding hydrogens is 312 g/mol. The molecule has 2 aromatic carbocycles. The van der Waals surface area contributed by atoms with Crippen LogP contribution in [0.3, 0.4) is 0 Å². The van der Waals surface area contributed by atoms with Gasteiger partial charge >= 0.3 is 0 Å². The largest absolute Gasteiger partial charge is 0.497 e. The number of benzene rings is 2. The number of aromatic nitrogens is 3. The molecule has 0 atom stereocenters. The van der Waals surface area contributed by atoms with Crippen molar-refractivity contribution in [1.29, 1.82) is 0 Å². The number of rotatable bonds is 5. The first-order chi connectivity index (χ1) is 12.1. The second kappa shape index (κ2) is 7.30. The Hall–Kier alpha value is -2.95. The van der Waals surface area contributed by atoms with E-state index in [1.165, 1.54) is 0 Å². The lowest BCUT2D eigenvalue weighted by Crippen LogP contribution is -2.08. The van der Waals surface area contributed by atoms with Crippen molar-refractivity contribution in [2.75, 3.05) is 26.1 Å². The maximum Gasteiger partial charge on any atom is 0.151 e. The average molecular weight is 334 g/mol. The molecule has 0 amide bonds. The fraction of sp³-hybridized carbons (Fsp3) is 0.250. The second-order valence-corrected chi connectivity index (χ2v) is 5.95. The molecular formula is C20H22N4O. The molecule has 0 radical (unpaired) electrons. The van der Waals surface area contributed by atoms with Gasteiger partial charge in [0, 0.05) is 37.3 Å². The molecule has 0 saturated heterocycles. The summed E-state index contributed by atoms with van der Waals surface area (Å²) >= 11 is 0. The molecule has 5 nitrogen and oxygen atoms in total. The van der Waals surface area contributed by atoms with Crippen LogP contribution in [0, 0.1) is 0 Å². The van der Waals surface area contributed by atoms with E-state index in [1.54, 1.807) is 7.11 Å². The van der Waals surface area contributed by atoms with Gasteiger partial charge in [0.05, 0.1) is 7.11 Å². The van der Waals surface area contributed by atoms with Gasteiger partial charge in [0.25, 0.3) is 0 Å². The third-order valence-electron chi connectivity index (χ3n) is 4.07. The first kappa shape index (κ1) is 16.9. The fourth-order valence-electron chi connectivity index (χ4n) is 2.57. The molecule has 3 aromatic rings. The minimum Gasteiger partial charge on any atom is -0.497 e. The summed E-state index contributed by atoms with van der Waals surface area (Å²) in [5, 5.41) is 8.71. The van der Waals surface area contributed by atoms with Crippen molar-refractivity contribution < 1.29 is 4.74 Å². The molecule has 0 saturated carbocycles. The molecule has 0 aliphatic heterocycles. The number of nitrogens with zero attached hydrogens (tertiary/aromatic N) is 4. The van der Waals surface area contributed by atoms with E-state index >= 15 is 0 Å². The van der Waals surface area contributed by atoms with Crippen molar-refractivity contribution in [2.45, 2.75) is 13.3 Å². The Morgan fingerprint density at radius 3 is 2.00 bits per heavy atom. The Kier molecular flexibility index (Phi) is 4.93. The van der Waals surface area contributed by atoms with Gasteiger partial charge in [-0.3, -0.25) is 0 Å². The summed E-state index contributed by atoms with van der Waals surface area (Å²) in [6, 6.07) is 16.1. The van der Waals surface area contributed by atoms with Crippen molar-refractivity contribution in [1.82, 2.24) is 15.2 Å². The van der Waals surface area contributed by atoms with Crippen LogP contribution in [0.5, 0.6) is 5.75 Å². The van der Waals surface area contributed by atoms with E-state index in [9.17, 15) is 0 Å². The number of anilines is 1. The summed E-state index contributed by atoms with van der Waals surface area (Å²) in [4.78, 5) is 6.79. The van der Waals surface area contributed by atoms with Crippen LogP contribution >= 0.6 is 0 Å². The second-order valence-electron chi connectivity index (χ2n) is 5.95. The van der Waals surface area contributed by atoms with E-state index in [4.69, 9.17) is 9.72 Å². The first-order valence-electron chi connectivity index (χ1n) is 8.28. The van der Waals surface area contributed by atoms with Gasteiger partial charge in [0.2, 0.25) is 0 Å². The first-order valence-corrected chi connectivity index (χ1v) is 8.28. The molecule has 0 aliphatic carbocycles. The van der Waals surface area contributed by atoms with Crippen LogP contribution in [0.2, 0.25) is 0 Å². The predicted octanol–water partition coefficient (Wildman–Crippen LogP) is 3.84. The van der Waals surface area contributed by atoms with Crippen molar-refractivity contribution in [3.8, 4) is 28.3 Å². The summed E-state index contributed by atoms with van der Waals surface area (Å²) in [6.07, 6.45) is 0.746. The van der Waals surface area contributed by atoms with Gasteiger partial charge in [0.15, 0.2) is 5.82 Å². The molecule has 0 spiro atoms. The van der Waals surface area contributed by atoms with Crippen LogP contribution < -0.4 is 9.64 Å². The van der Waals surface area contributed by atoms with Crippen LogP contribution in [0.15, 0.2) is 48.5 Å². The van der Waals surface area contributed by atoms with Crippen LogP contribution in [0.25, 0.3) is 22.5 Å². The van der Waals surface area contributed by atoms with E-state index in [-0.39, 0.29) is 0 Å². The minimum absolute atomic E-state index is 0.736.